The first-order valence-corrected chi connectivity index (χ1v) is 17.5. The number of unbranched alkanes of at least 4 members (excludes halogenated alkanes) is 16. The number of aliphatic carboxylic acids is 2. The van der Waals surface area contributed by atoms with E-state index in [0.717, 1.165) is 23.6 Å². The molecular weight excluding hydrogens is 480 g/mol. The Morgan fingerprint density at radius 1 is 0.657 bits per heavy atom. The third kappa shape index (κ3) is 26.5. The van der Waals surface area contributed by atoms with Gasteiger partial charge in [-0.15, -0.1) is 0 Å². The van der Waals surface area contributed by atoms with Gasteiger partial charge in [0.1, 0.15) is 11.5 Å². The second-order valence-electron chi connectivity index (χ2n) is 9.95. The first-order valence-electron chi connectivity index (χ1n) is 14.5. The van der Waals surface area contributed by atoms with Crippen molar-refractivity contribution in [2.75, 3.05) is 18.1 Å². The highest BCUT2D eigenvalue weighted by molar-refractivity contribution is 8.83. The van der Waals surface area contributed by atoms with Crippen LogP contribution in [-0.4, -0.2) is 40.3 Å². The molecule has 0 rings (SSSR count). The molecule has 0 radical (unpaired) electrons. The van der Waals surface area contributed by atoms with Crippen LogP contribution in [-0.2, 0) is 13.8 Å². The van der Waals surface area contributed by atoms with Gasteiger partial charge in [-0.2, -0.15) is 0 Å². The summed E-state index contributed by atoms with van der Waals surface area (Å²) in [6.07, 6.45) is 26.0. The van der Waals surface area contributed by atoms with Crippen molar-refractivity contribution in [3.8, 4) is 0 Å². The van der Waals surface area contributed by atoms with Crippen molar-refractivity contribution in [3.05, 3.63) is 0 Å². The average molecular weight is 537 g/mol. The number of carbonyl (C=O) groups is 2. The summed E-state index contributed by atoms with van der Waals surface area (Å²) in [6.45, 7) is 5.08. The van der Waals surface area contributed by atoms with Crippen LogP contribution in [0.15, 0.2) is 0 Å². The Balaban J connectivity index is 4.30. The minimum Gasteiger partial charge on any atom is -0.481 e. The van der Waals surface area contributed by atoms with Crippen LogP contribution in [0, 0.1) is 5.92 Å². The van der Waals surface area contributed by atoms with E-state index in [1.165, 1.54) is 116 Å². The predicted molar refractivity (Wildman–Crippen MR) is 155 cm³/mol. The van der Waals surface area contributed by atoms with Gasteiger partial charge in [0.15, 0.2) is 0 Å². The molecule has 0 aliphatic rings. The fraction of sp³-hybridized carbons (Fsp3) is 0.929. The summed E-state index contributed by atoms with van der Waals surface area (Å²) in [6, 6.07) is 0. The van der Waals surface area contributed by atoms with E-state index in [9.17, 15) is 14.7 Å². The van der Waals surface area contributed by atoms with Crippen molar-refractivity contribution in [3.63, 3.8) is 0 Å². The van der Waals surface area contributed by atoms with E-state index in [4.69, 9.17) is 9.29 Å². The lowest BCUT2D eigenvalue weighted by atomic mass is 9.94. The molecule has 0 aromatic heterocycles. The van der Waals surface area contributed by atoms with Crippen LogP contribution in [0.2, 0.25) is 0 Å². The third-order valence-corrected chi connectivity index (χ3v) is 10.1. The van der Waals surface area contributed by atoms with Crippen molar-refractivity contribution >= 4 is 32.9 Å². The molecule has 0 spiro atoms. The lowest BCUT2D eigenvalue weighted by Crippen LogP contribution is -2.12. The molecule has 5 nitrogen and oxygen atoms in total. The Kier molecular flexibility index (Phi) is 26.4. The largest absolute Gasteiger partial charge is 0.481 e. The Morgan fingerprint density at radius 3 is 1.43 bits per heavy atom. The SMILES string of the molecule is CCCCCCCCCCCCC(CCCCCCCCCC)CO[SH](CC(=O)O)SCC(=O)O. The number of thiol groups is 1. The zero-order chi connectivity index (χ0) is 26.0. The maximum Gasteiger partial charge on any atom is 0.314 e. The number of carboxylic acids is 2. The van der Waals surface area contributed by atoms with Crippen LogP contribution in [0.3, 0.4) is 0 Å². The second-order valence-corrected chi connectivity index (χ2v) is 13.7. The van der Waals surface area contributed by atoms with E-state index in [1.807, 2.05) is 0 Å². The average Bonchev–Trinajstić information content (AvgIpc) is 2.82. The molecule has 0 bridgehead atoms. The molecule has 0 aliphatic carbocycles. The van der Waals surface area contributed by atoms with Crippen LogP contribution in [0.5, 0.6) is 0 Å². The van der Waals surface area contributed by atoms with Gasteiger partial charge in [-0.1, -0.05) is 150 Å². The van der Waals surface area contributed by atoms with E-state index in [1.54, 1.807) is 0 Å². The summed E-state index contributed by atoms with van der Waals surface area (Å²) in [7, 11) is -0.145. The summed E-state index contributed by atoms with van der Waals surface area (Å²) < 4.78 is 6.01. The summed E-state index contributed by atoms with van der Waals surface area (Å²) in [5.41, 5.74) is 0. The Bertz CT molecular complexity index is 490. The molecule has 0 fully saturated rings. The van der Waals surface area contributed by atoms with E-state index < -0.39 is 22.1 Å². The fourth-order valence-electron chi connectivity index (χ4n) is 4.35. The summed E-state index contributed by atoms with van der Waals surface area (Å²) in [4.78, 5) is 22.1. The van der Waals surface area contributed by atoms with E-state index in [-0.39, 0.29) is 11.5 Å². The van der Waals surface area contributed by atoms with Crippen LogP contribution in [0.4, 0.5) is 0 Å². The van der Waals surface area contributed by atoms with Crippen molar-refractivity contribution in [1.29, 1.82) is 0 Å². The minimum absolute atomic E-state index is 0.0873. The molecule has 35 heavy (non-hydrogen) atoms. The van der Waals surface area contributed by atoms with Crippen LogP contribution < -0.4 is 0 Å². The normalized spacial score (nSPS) is 13.6. The first kappa shape index (κ1) is 34.6. The molecule has 0 aromatic rings. The van der Waals surface area contributed by atoms with Crippen molar-refractivity contribution < 1.29 is 24.0 Å². The fourth-order valence-corrected chi connectivity index (χ4v) is 7.24. The molecule has 0 saturated heterocycles. The lowest BCUT2D eigenvalue weighted by molar-refractivity contribution is -0.135. The number of hydrogen-bond acceptors (Lipinski definition) is 4. The summed E-state index contributed by atoms with van der Waals surface area (Å²) in [5.74, 6) is -1.56. The number of carboxylic acid groups (broad SMARTS) is 2. The van der Waals surface area contributed by atoms with Crippen LogP contribution >= 0.6 is 21.0 Å². The van der Waals surface area contributed by atoms with Crippen molar-refractivity contribution in [2.45, 2.75) is 142 Å². The maximum atomic E-state index is 11.2. The molecule has 0 aliphatic heterocycles. The Morgan fingerprint density at radius 2 is 1.06 bits per heavy atom. The minimum atomic E-state index is -1.29. The Labute approximate surface area is 222 Å². The zero-order valence-electron chi connectivity index (χ0n) is 22.8. The van der Waals surface area contributed by atoms with E-state index in [0.29, 0.717) is 12.5 Å². The molecule has 0 amide bonds. The lowest BCUT2D eigenvalue weighted by Gasteiger charge is -2.23. The van der Waals surface area contributed by atoms with Gasteiger partial charge in [0.25, 0.3) is 0 Å². The predicted octanol–water partition coefficient (Wildman–Crippen LogP) is 9.19. The number of rotatable bonds is 28. The highest BCUT2D eigenvalue weighted by Gasteiger charge is 2.16. The molecule has 0 saturated carbocycles. The van der Waals surface area contributed by atoms with Gasteiger partial charge >= 0.3 is 11.9 Å². The third-order valence-electron chi connectivity index (χ3n) is 6.48. The molecule has 210 valence electrons. The topological polar surface area (TPSA) is 83.8 Å². The Hall–Kier alpha value is -0.400. The molecule has 0 heterocycles. The number of hydrogen-bond donors (Lipinski definition) is 3. The molecular formula is C28H56O5S2. The quantitative estimate of drug-likeness (QED) is 0.0525. The molecule has 2 atom stereocenters. The van der Waals surface area contributed by atoms with E-state index in [2.05, 4.69) is 13.8 Å². The first-order chi connectivity index (χ1) is 17.0. The standard InChI is InChI=1S/C28H56O5S2/c1-3-5-7-9-11-13-14-16-18-20-22-26(21-19-17-15-12-10-8-6-4-2)23-33-35(25-28(31)32)34-24-27(29)30/h26,35H,3-25H2,1-2H3,(H,29,30)(H,31,32). The summed E-state index contributed by atoms with van der Waals surface area (Å²) >= 11 is 0. The van der Waals surface area contributed by atoms with Gasteiger partial charge in [0.05, 0.1) is 6.61 Å². The second kappa shape index (κ2) is 26.7. The van der Waals surface area contributed by atoms with Gasteiger partial charge in [0, 0.05) is 0 Å². The summed E-state index contributed by atoms with van der Waals surface area (Å²) in [5, 5.41) is 18.1. The van der Waals surface area contributed by atoms with Crippen LogP contribution in [0.1, 0.15) is 142 Å². The molecule has 7 heteroatoms. The van der Waals surface area contributed by atoms with Crippen molar-refractivity contribution in [2.24, 2.45) is 5.92 Å². The van der Waals surface area contributed by atoms with Crippen LogP contribution in [0.25, 0.3) is 0 Å². The smallest absolute Gasteiger partial charge is 0.314 e. The van der Waals surface area contributed by atoms with Crippen molar-refractivity contribution in [1.82, 2.24) is 0 Å². The molecule has 0 aromatic carbocycles. The van der Waals surface area contributed by atoms with Gasteiger partial charge in [-0.25, -0.2) is 0 Å². The maximum absolute atomic E-state index is 11.2. The highest BCUT2D eigenvalue weighted by Crippen LogP contribution is 2.42. The molecule has 2 unspecified atom stereocenters. The molecule has 2 N–H and O–H groups in total. The monoisotopic (exact) mass is 536 g/mol. The van der Waals surface area contributed by atoms with Gasteiger partial charge in [0.2, 0.25) is 0 Å². The van der Waals surface area contributed by atoms with Gasteiger partial charge < -0.3 is 14.4 Å². The highest BCUT2D eigenvalue weighted by atomic mass is 33.1. The van der Waals surface area contributed by atoms with Gasteiger partial charge in [-0.05, 0) is 18.8 Å². The zero-order valence-corrected chi connectivity index (χ0v) is 24.5. The van der Waals surface area contributed by atoms with Gasteiger partial charge in [-0.3, -0.25) is 9.59 Å². The van der Waals surface area contributed by atoms with E-state index >= 15 is 0 Å².